The molecule has 0 bridgehead atoms. The van der Waals surface area contributed by atoms with Gasteiger partial charge in [0.1, 0.15) is 5.82 Å². The Balaban J connectivity index is 1.62. The molecule has 2 N–H and O–H groups in total. The van der Waals surface area contributed by atoms with Gasteiger partial charge in [-0.1, -0.05) is 17.7 Å². The van der Waals surface area contributed by atoms with Gasteiger partial charge in [-0.15, -0.1) is 0 Å². The van der Waals surface area contributed by atoms with Gasteiger partial charge in [0.15, 0.2) is 0 Å². The molecule has 1 aromatic rings. The maximum atomic E-state index is 13.8. The number of rotatable bonds is 3. The summed E-state index contributed by atoms with van der Waals surface area (Å²) in [6, 6.07) is 4.93. The van der Waals surface area contributed by atoms with Crippen LogP contribution in [0, 0.1) is 11.7 Å². The Morgan fingerprint density at radius 3 is 2.80 bits per heavy atom. The first kappa shape index (κ1) is 13.8. The van der Waals surface area contributed by atoms with E-state index in [1.165, 1.54) is 6.07 Å². The summed E-state index contributed by atoms with van der Waals surface area (Å²) in [5, 5.41) is 6.76. The first-order valence-corrected chi connectivity index (χ1v) is 7.49. The first-order valence-electron chi connectivity index (χ1n) is 7.12. The number of piperidine rings is 1. The quantitative estimate of drug-likeness (QED) is 0.899. The second kappa shape index (κ2) is 5.70. The largest absolute Gasteiger partial charge is 0.353 e. The van der Waals surface area contributed by atoms with E-state index >= 15 is 0 Å². The van der Waals surface area contributed by atoms with E-state index in [0.717, 1.165) is 25.9 Å². The average molecular weight is 297 g/mol. The van der Waals surface area contributed by atoms with Crippen LogP contribution < -0.4 is 10.6 Å². The van der Waals surface area contributed by atoms with Crippen molar-refractivity contribution in [2.24, 2.45) is 5.92 Å². The third-order valence-corrected chi connectivity index (χ3v) is 4.51. The van der Waals surface area contributed by atoms with Crippen LogP contribution in [0.25, 0.3) is 0 Å². The van der Waals surface area contributed by atoms with Crippen LogP contribution in [-0.2, 0) is 4.79 Å². The van der Waals surface area contributed by atoms with Gasteiger partial charge in [0.05, 0.1) is 0 Å². The molecule has 5 heteroatoms. The number of halogens is 2. The second-order valence-electron chi connectivity index (χ2n) is 5.62. The molecule has 3 rings (SSSR count). The molecule has 0 spiro atoms. The number of benzene rings is 1. The lowest BCUT2D eigenvalue weighted by atomic mass is 10.1. The van der Waals surface area contributed by atoms with Crippen molar-refractivity contribution in [3.8, 4) is 0 Å². The third-order valence-electron chi connectivity index (χ3n) is 4.18. The number of carbonyl (C=O) groups excluding carboxylic acids is 1. The smallest absolute Gasteiger partial charge is 0.223 e. The molecule has 0 aromatic heterocycles. The van der Waals surface area contributed by atoms with Crippen LogP contribution >= 0.6 is 11.6 Å². The molecule has 1 heterocycles. The molecule has 0 radical (unpaired) electrons. The molecule has 1 saturated heterocycles. The van der Waals surface area contributed by atoms with Crippen LogP contribution in [0.3, 0.4) is 0 Å². The van der Waals surface area contributed by atoms with Gasteiger partial charge in [-0.3, -0.25) is 4.79 Å². The highest BCUT2D eigenvalue weighted by Gasteiger charge is 2.46. The molecule has 1 aliphatic heterocycles. The van der Waals surface area contributed by atoms with Crippen LogP contribution in [0.1, 0.15) is 30.7 Å². The number of amides is 1. The van der Waals surface area contributed by atoms with E-state index in [0.29, 0.717) is 17.0 Å². The van der Waals surface area contributed by atoms with E-state index in [9.17, 15) is 9.18 Å². The van der Waals surface area contributed by atoms with Crippen LogP contribution in [0.15, 0.2) is 18.2 Å². The second-order valence-corrected chi connectivity index (χ2v) is 6.02. The minimum atomic E-state index is -0.306. The molecule has 2 aliphatic rings. The lowest BCUT2D eigenvalue weighted by Gasteiger charge is -2.23. The molecule has 20 heavy (non-hydrogen) atoms. The van der Waals surface area contributed by atoms with E-state index in [-0.39, 0.29) is 29.6 Å². The van der Waals surface area contributed by atoms with E-state index in [1.54, 1.807) is 12.1 Å². The minimum absolute atomic E-state index is 0.0428. The molecule has 1 amide bonds. The van der Waals surface area contributed by atoms with Gasteiger partial charge in [-0.05, 0) is 44.5 Å². The fraction of sp³-hybridized carbons (Fsp3) is 0.533. The van der Waals surface area contributed by atoms with Crippen LogP contribution in [-0.4, -0.2) is 25.0 Å². The summed E-state index contributed by atoms with van der Waals surface area (Å²) >= 11 is 6.05. The molecule has 2 unspecified atom stereocenters. The molecule has 1 aliphatic carbocycles. The monoisotopic (exact) mass is 296 g/mol. The van der Waals surface area contributed by atoms with Gasteiger partial charge in [-0.25, -0.2) is 4.39 Å². The summed E-state index contributed by atoms with van der Waals surface area (Å²) in [5.74, 6) is -0.453. The highest BCUT2D eigenvalue weighted by atomic mass is 35.5. The standard InChI is InChI=1S/C15H18ClFN2O/c16-12-2-1-3-13(17)14(12)10-8-11(10)15(20)19-9-4-6-18-7-5-9/h1-3,9-11,18H,4-8H2,(H,19,20). The van der Waals surface area contributed by atoms with Gasteiger partial charge in [0.2, 0.25) is 5.91 Å². The molecule has 108 valence electrons. The molecule has 2 fully saturated rings. The fourth-order valence-corrected chi connectivity index (χ4v) is 3.25. The molecular weight excluding hydrogens is 279 g/mol. The average Bonchev–Trinajstić information content (AvgIpc) is 3.20. The predicted octanol–water partition coefficient (Wildman–Crippen LogP) is 2.45. The zero-order valence-electron chi connectivity index (χ0n) is 11.2. The first-order chi connectivity index (χ1) is 9.66. The van der Waals surface area contributed by atoms with Crippen molar-refractivity contribution in [1.82, 2.24) is 10.6 Å². The van der Waals surface area contributed by atoms with E-state index in [2.05, 4.69) is 10.6 Å². The molecule has 3 nitrogen and oxygen atoms in total. The van der Waals surface area contributed by atoms with E-state index in [1.807, 2.05) is 0 Å². The van der Waals surface area contributed by atoms with Crippen LogP contribution in [0.2, 0.25) is 5.02 Å². The summed E-state index contributed by atoms with van der Waals surface area (Å²) in [6.45, 7) is 1.89. The molecule has 2 atom stereocenters. The summed E-state index contributed by atoms with van der Waals surface area (Å²) in [4.78, 5) is 12.2. The van der Waals surface area contributed by atoms with Crippen molar-refractivity contribution in [3.63, 3.8) is 0 Å². The van der Waals surface area contributed by atoms with Gasteiger partial charge in [0.25, 0.3) is 0 Å². The molecule has 1 aromatic carbocycles. The van der Waals surface area contributed by atoms with Crippen molar-refractivity contribution >= 4 is 17.5 Å². The van der Waals surface area contributed by atoms with Crippen LogP contribution in [0.5, 0.6) is 0 Å². The lowest BCUT2D eigenvalue weighted by Crippen LogP contribution is -2.43. The lowest BCUT2D eigenvalue weighted by molar-refractivity contribution is -0.123. The summed E-state index contributed by atoms with van der Waals surface area (Å²) in [7, 11) is 0. The van der Waals surface area contributed by atoms with Crippen molar-refractivity contribution in [3.05, 3.63) is 34.6 Å². The number of nitrogens with one attached hydrogen (secondary N) is 2. The fourth-order valence-electron chi connectivity index (χ4n) is 2.94. The number of carbonyl (C=O) groups is 1. The van der Waals surface area contributed by atoms with Crippen LogP contribution in [0.4, 0.5) is 4.39 Å². The summed E-state index contributed by atoms with van der Waals surface area (Å²) in [6.07, 6.45) is 2.62. The predicted molar refractivity (Wildman–Crippen MR) is 76.3 cm³/mol. The molecular formula is C15H18ClFN2O. The van der Waals surface area contributed by atoms with Gasteiger partial charge in [-0.2, -0.15) is 0 Å². The highest BCUT2D eigenvalue weighted by molar-refractivity contribution is 6.31. The zero-order valence-corrected chi connectivity index (χ0v) is 11.9. The SMILES string of the molecule is O=C(NC1CCNCC1)C1CC1c1c(F)cccc1Cl. The van der Waals surface area contributed by atoms with Gasteiger partial charge < -0.3 is 10.6 Å². The summed E-state index contributed by atoms with van der Waals surface area (Å²) < 4.78 is 13.8. The Morgan fingerprint density at radius 1 is 1.35 bits per heavy atom. The highest BCUT2D eigenvalue weighted by Crippen LogP contribution is 2.50. The Labute approximate surface area is 122 Å². The number of hydrogen-bond donors (Lipinski definition) is 2. The zero-order chi connectivity index (χ0) is 14.1. The van der Waals surface area contributed by atoms with E-state index < -0.39 is 0 Å². The third kappa shape index (κ3) is 2.81. The maximum absolute atomic E-state index is 13.8. The minimum Gasteiger partial charge on any atom is -0.353 e. The Hall–Kier alpha value is -1.13. The van der Waals surface area contributed by atoms with E-state index in [4.69, 9.17) is 11.6 Å². The van der Waals surface area contributed by atoms with Crippen molar-refractivity contribution in [2.75, 3.05) is 13.1 Å². The Bertz CT molecular complexity index is 496. The Kier molecular flexibility index (Phi) is 3.94. The Morgan fingerprint density at radius 2 is 2.10 bits per heavy atom. The van der Waals surface area contributed by atoms with Gasteiger partial charge in [0, 0.05) is 28.5 Å². The van der Waals surface area contributed by atoms with Crippen molar-refractivity contribution < 1.29 is 9.18 Å². The number of hydrogen-bond acceptors (Lipinski definition) is 2. The molecule has 1 saturated carbocycles. The topological polar surface area (TPSA) is 41.1 Å². The van der Waals surface area contributed by atoms with Crippen molar-refractivity contribution in [2.45, 2.75) is 31.2 Å². The van der Waals surface area contributed by atoms with Crippen molar-refractivity contribution in [1.29, 1.82) is 0 Å². The normalized spacial score (nSPS) is 26.3. The maximum Gasteiger partial charge on any atom is 0.223 e. The summed E-state index contributed by atoms with van der Waals surface area (Å²) in [5.41, 5.74) is 0.500. The van der Waals surface area contributed by atoms with Gasteiger partial charge >= 0.3 is 0 Å².